The van der Waals surface area contributed by atoms with Gasteiger partial charge >= 0.3 is 0 Å². The van der Waals surface area contributed by atoms with E-state index in [1.165, 1.54) is 0 Å². The molecule has 0 aliphatic rings. The van der Waals surface area contributed by atoms with Crippen LogP contribution in [0.25, 0.3) is 33.7 Å². The van der Waals surface area contributed by atoms with Crippen LogP contribution in [0.2, 0.25) is 0 Å². The lowest BCUT2D eigenvalue weighted by atomic mass is 10.1. The maximum Gasteiger partial charge on any atom is 0.251 e. The summed E-state index contributed by atoms with van der Waals surface area (Å²) in [7, 11) is 3.71. The molecule has 10 heteroatoms. The standard InChI is InChI=1S/C21H20N8O2/c1-22-19-16-18(29(2)11-26-16)17-21(28-19)31-20(27-17)13-5-3-4-12(8-13)10-25-15(30)9-14-23-6-7-24-14/h3-8,11H,9-10H2,1-2H3,(H,22,28)(H,23,24)(H,25,30). The predicted octanol–water partition coefficient (Wildman–Crippen LogP) is 2.40. The lowest BCUT2D eigenvalue weighted by molar-refractivity contribution is -0.120. The Hall–Kier alpha value is -4.21. The van der Waals surface area contributed by atoms with E-state index in [1.807, 2.05) is 35.9 Å². The first-order valence-electron chi connectivity index (χ1n) is 9.76. The number of aromatic amines is 1. The van der Waals surface area contributed by atoms with Crippen LogP contribution in [-0.4, -0.2) is 42.4 Å². The first-order chi connectivity index (χ1) is 15.1. The van der Waals surface area contributed by atoms with Crippen LogP contribution in [0.15, 0.2) is 47.4 Å². The van der Waals surface area contributed by atoms with Gasteiger partial charge in [0.05, 0.1) is 12.7 Å². The average molecular weight is 416 g/mol. The Labute approximate surface area is 176 Å². The number of fused-ring (bicyclic) bond motifs is 3. The first kappa shape index (κ1) is 18.8. The van der Waals surface area contributed by atoms with E-state index in [-0.39, 0.29) is 12.3 Å². The number of aryl methyl sites for hydroxylation is 1. The summed E-state index contributed by atoms with van der Waals surface area (Å²) < 4.78 is 7.88. The Kier molecular flexibility index (Phi) is 4.58. The molecule has 1 aromatic carbocycles. The molecule has 31 heavy (non-hydrogen) atoms. The van der Waals surface area contributed by atoms with Crippen LogP contribution in [0.5, 0.6) is 0 Å². The summed E-state index contributed by atoms with van der Waals surface area (Å²) in [6.07, 6.45) is 5.26. The van der Waals surface area contributed by atoms with Crippen molar-refractivity contribution in [1.82, 2.24) is 34.8 Å². The van der Waals surface area contributed by atoms with Crippen molar-refractivity contribution >= 4 is 34.0 Å². The Morgan fingerprint density at radius 2 is 2.13 bits per heavy atom. The average Bonchev–Trinajstić information content (AvgIpc) is 3.52. The maximum absolute atomic E-state index is 12.1. The van der Waals surface area contributed by atoms with Crippen molar-refractivity contribution in [2.24, 2.45) is 7.05 Å². The quantitative estimate of drug-likeness (QED) is 0.388. The summed E-state index contributed by atoms with van der Waals surface area (Å²) in [6, 6.07) is 7.70. The Morgan fingerprint density at radius 3 is 2.94 bits per heavy atom. The van der Waals surface area contributed by atoms with Gasteiger partial charge < -0.3 is 24.6 Å². The molecule has 10 nitrogen and oxygen atoms in total. The molecule has 0 spiro atoms. The fourth-order valence-electron chi connectivity index (χ4n) is 3.50. The number of nitrogens with zero attached hydrogens (tertiary/aromatic N) is 5. The smallest absolute Gasteiger partial charge is 0.251 e. The van der Waals surface area contributed by atoms with Gasteiger partial charge in [-0.15, -0.1) is 0 Å². The number of hydrogen-bond donors (Lipinski definition) is 3. The third kappa shape index (κ3) is 3.48. The number of nitrogens with one attached hydrogen (secondary N) is 3. The molecule has 0 aliphatic carbocycles. The van der Waals surface area contributed by atoms with Crippen molar-refractivity contribution in [2.75, 3.05) is 12.4 Å². The number of anilines is 1. The van der Waals surface area contributed by atoms with Gasteiger partial charge in [0.25, 0.3) is 5.71 Å². The highest BCUT2D eigenvalue weighted by molar-refractivity contribution is 6.03. The number of rotatable bonds is 6. The number of oxazole rings is 1. The van der Waals surface area contributed by atoms with Crippen molar-refractivity contribution in [3.05, 3.63) is 54.4 Å². The van der Waals surface area contributed by atoms with Gasteiger partial charge in [0.1, 0.15) is 16.9 Å². The van der Waals surface area contributed by atoms with E-state index in [2.05, 4.69) is 35.6 Å². The highest BCUT2D eigenvalue weighted by Gasteiger charge is 2.18. The second-order valence-corrected chi connectivity index (χ2v) is 7.13. The van der Waals surface area contributed by atoms with Gasteiger partial charge in [0, 0.05) is 38.6 Å². The summed E-state index contributed by atoms with van der Waals surface area (Å²) in [4.78, 5) is 32.7. The number of pyridine rings is 1. The molecule has 5 rings (SSSR count). The van der Waals surface area contributed by atoms with E-state index in [4.69, 9.17) is 4.42 Å². The van der Waals surface area contributed by atoms with Gasteiger partial charge in [-0.2, -0.15) is 4.98 Å². The summed E-state index contributed by atoms with van der Waals surface area (Å²) in [5.74, 6) is 1.62. The Balaban J connectivity index is 1.42. The van der Waals surface area contributed by atoms with Crippen LogP contribution < -0.4 is 10.6 Å². The molecule has 5 aromatic rings. The number of aromatic nitrogens is 6. The predicted molar refractivity (Wildman–Crippen MR) is 115 cm³/mol. The minimum atomic E-state index is -0.107. The van der Waals surface area contributed by atoms with Crippen LogP contribution in [0.4, 0.5) is 5.82 Å². The molecule has 0 radical (unpaired) electrons. The van der Waals surface area contributed by atoms with Crippen LogP contribution in [0.1, 0.15) is 11.4 Å². The summed E-state index contributed by atoms with van der Waals surface area (Å²) in [5, 5.41) is 5.96. The third-order valence-corrected chi connectivity index (χ3v) is 4.99. The van der Waals surface area contributed by atoms with E-state index in [0.717, 1.165) is 22.2 Å². The molecular weight excluding hydrogens is 396 g/mol. The van der Waals surface area contributed by atoms with Crippen LogP contribution in [-0.2, 0) is 24.8 Å². The van der Waals surface area contributed by atoms with Crippen molar-refractivity contribution in [3.63, 3.8) is 0 Å². The zero-order valence-electron chi connectivity index (χ0n) is 17.0. The molecule has 0 unspecified atom stereocenters. The molecule has 0 saturated carbocycles. The topological polar surface area (TPSA) is 127 Å². The molecule has 156 valence electrons. The Morgan fingerprint density at radius 1 is 1.23 bits per heavy atom. The summed E-state index contributed by atoms with van der Waals surface area (Å²) >= 11 is 0. The minimum Gasteiger partial charge on any atom is -0.418 e. The van der Waals surface area contributed by atoms with E-state index in [1.54, 1.807) is 25.8 Å². The van der Waals surface area contributed by atoms with Gasteiger partial charge in [-0.1, -0.05) is 12.1 Å². The van der Waals surface area contributed by atoms with Crippen LogP contribution >= 0.6 is 0 Å². The van der Waals surface area contributed by atoms with Gasteiger partial charge in [-0.05, 0) is 17.7 Å². The van der Waals surface area contributed by atoms with E-state index in [0.29, 0.717) is 35.3 Å². The van der Waals surface area contributed by atoms with Crippen molar-refractivity contribution in [2.45, 2.75) is 13.0 Å². The van der Waals surface area contributed by atoms with Gasteiger partial charge in [-0.3, -0.25) is 4.79 Å². The summed E-state index contributed by atoms with van der Waals surface area (Å²) in [6.45, 7) is 0.391. The SMILES string of the molecule is CNc1nc2oc(-c3cccc(CNC(=O)Cc4ncc[nH]4)c3)nc2c2c1ncn2C. The number of amides is 1. The lowest BCUT2D eigenvalue weighted by Gasteiger charge is -2.05. The molecule has 0 atom stereocenters. The highest BCUT2D eigenvalue weighted by atomic mass is 16.4. The molecule has 0 aliphatic heterocycles. The molecule has 4 heterocycles. The molecule has 3 N–H and O–H groups in total. The van der Waals surface area contributed by atoms with Crippen molar-refractivity contribution < 1.29 is 9.21 Å². The number of carbonyl (C=O) groups is 1. The largest absolute Gasteiger partial charge is 0.418 e. The number of benzene rings is 1. The Bertz CT molecular complexity index is 1380. The van der Waals surface area contributed by atoms with Crippen LogP contribution in [0.3, 0.4) is 0 Å². The molecule has 0 bridgehead atoms. The van der Waals surface area contributed by atoms with Gasteiger partial charge in [0.2, 0.25) is 11.8 Å². The van der Waals surface area contributed by atoms with E-state index in [9.17, 15) is 4.79 Å². The molecule has 0 fully saturated rings. The summed E-state index contributed by atoms with van der Waals surface area (Å²) in [5.41, 5.74) is 4.42. The van der Waals surface area contributed by atoms with Crippen LogP contribution in [0, 0.1) is 0 Å². The fourth-order valence-corrected chi connectivity index (χ4v) is 3.50. The van der Waals surface area contributed by atoms with Gasteiger partial charge in [0.15, 0.2) is 11.3 Å². The zero-order valence-corrected chi connectivity index (χ0v) is 17.0. The highest BCUT2D eigenvalue weighted by Crippen LogP contribution is 2.31. The van der Waals surface area contributed by atoms with Crippen molar-refractivity contribution in [1.29, 1.82) is 0 Å². The number of hydrogen-bond acceptors (Lipinski definition) is 7. The normalized spacial score (nSPS) is 11.3. The lowest BCUT2D eigenvalue weighted by Crippen LogP contribution is -2.24. The minimum absolute atomic E-state index is 0.107. The van der Waals surface area contributed by atoms with Crippen molar-refractivity contribution in [3.8, 4) is 11.5 Å². The number of imidazole rings is 2. The number of carbonyl (C=O) groups excluding carboxylic acids is 1. The maximum atomic E-state index is 12.1. The molecule has 1 amide bonds. The molecular formula is C21H20N8O2. The van der Waals surface area contributed by atoms with E-state index >= 15 is 0 Å². The second kappa shape index (κ2) is 7.56. The van der Waals surface area contributed by atoms with Gasteiger partial charge in [-0.25, -0.2) is 15.0 Å². The number of H-pyrrole nitrogens is 1. The monoisotopic (exact) mass is 416 g/mol. The first-order valence-corrected chi connectivity index (χ1v) is 9.76. The molecule has 4 aromatic heterocycles. The second-order valence-electron chi connectivity index (χ2n) is 7.13. The third-order valence-electron chi connectivity index (χ3n) is 4.99. The molecule has 0 saturated heterocycles. The fraction of sp³-hybridized carbons (Fsp3) is 0.190. The zero-order chi connectivity index (χ0) is 21.4. The van der Waals surface area contributed by atoms with E-state index < -0.39 is 0 Å².